The van der Waals surface area contributed by atoms with Gasteiger partial charge in [-0.25, -0.2) is 4.98 Å². The lowest BCUT2D eigenvalue weighted by molar-refractivity contribution is -0.126. The summed E-state index contributed by atoms with van der Waals surface area (Å²) >= 11 is 0. The van der Waals surface area contributed by atoms with Crippen LogP contribution in [0.15, 0.2) is 28.7 Å². The number of nitrogens with zero attached hydrogens (tertiary/aromatic N) is 3. The molecule has 198 valence electrons. The van der Waals surface area contributed by atoms with Crippen LogP contribution in [0.1, 0.15) is 69.4 Å². The van der Waals surface area contributed by atoms with Gasteiger partial charge in [-0.3, -0.25) is 9.69 Å². The minimum absolute atomic E-state index is 0.132. The molecular weight excluding hydrogens is 448 g/mol. The van der Waals surface area contributed by atoms with Gasteiger partial charge in [0.25, 0.3) is 0 Å². The molecule has 2 saturated heterocycles. The Balaban J connectivity index is 1.15. The molecule has 0 bridgehead atoms. The first-order chi connectivity index (χ1) is 17.4. The van der Waals surface area contributed by atoms with Gasteiger partial charge >= 0.3 is 0 Å². The molecule has 2 aliphatic rings. The lowest BCUT2D eigenvalue weighted by Gasteiger charge is -2.33. The molecule has 6 heteroatoms. The van der Waals surface area contributed by atoms with Crippen LogP contribution in [0.2, 0.25) is 0 Å². The Hall–Kier alpha value is -2.18. The molecule has 2 aromatic rings. The van der Waals surface area contributed by atoms with Gasteiger partial charge in [-0.1, -0.05) is 32.0 Å². The number of amides is 1. The summed E-state index contributed by atoms with van der Waals surface area (Å²) in [5, 5.41) is 3.22. The summed E-state index contributed by atoms with van der Waals surface area (Å²) in [5.74, 6) is 3.61. The third-order valence-corrected chi connectivity index (χ3v) is 7.96. The molecule has 4 rings (SSSR count). The molecule has 0 aliphatic carbocycles. The molecule has 36 heavy (non-hydrogen) atoms. The van der Waals surface area contributed by atoms with Gasteiger partial charge in [0, 0.05) is 31.1 Å². The van der Waals surface area contributed by atoms with Crippen molar-refractivity contribution in [3.8, 4) is 11.5 Å². The van der Waals surface area contributed by atoms with Gasteiger partial charge in [0.15, 0.2) is 0 Å². The predicted molar refractivity (Wildman–Crippen MR) is 146 cm³/mol. The molecule has 1 amide bonds. The molecule has 0 radical (unpaired) electrons. The van der Waals surface area contributed by atoms with Crippen molar-refractivity contribution in [1.82, 2.24) is 20.1 Å². The van der Waals surface area contributed by atoms with Crippen LogP contribution in [0.3, 0.4) is 0 Å². The lowest BCUT2D eigenvalue weighted by atomic mass is 9.90. The van der Waals surface area contributed by atoms with Crippen LogP contribution < -0.4 is 5.32 Å². The monoisotopic (exact) mass is 494 g/mol. The Bertz CT molecular complexity index is 977. The number of aryl methyl sites for hydroxylation is 2. The van der Waals surface area contributed by atoms with E-state index in [2.05, 4.69) is 48.0 Å². The zero-order valence-corrected chi connectivity index (χ0v) is 22.9. The quantitative estimate of drug-likeness (QED) is 0.446. The van der Waals surface area contributed by atoms with Crippen LogP contribution >= 0.6 is 0 Å². The van der Waals surface area contributed by atoms with Crippen molar-refractivity contribution in [2.45, 2.75) is 72.8 Å². The van der Waals surface area contributed by atoms with Crippen molar-refractivity contribution in [2.75, 3.05) is 39.3 Å². The van der Waals surface area contributed by atoms with E-state index < -0.39 is 0 Å². The summed E-state index contributed by atoms with van der Waals surface area (Å²) in [5.41, 5.74) is 3.23. The first kappa shape index (κ1) is 26.9. The fourth-order valence-electron chi connectivity index (χ4n) is 5.94. The summed E-state index contributed by atoms with van der Waals surface area (Å²) in [7, 11) is 0. The van der Waals surface area contributed by atoms with Crippen molar-refractivity contribution in [3.63, 3.8) is 0 Å². The second-order valence-corrected chi connectivity index (χ2v) is 11.5. The molecule has 1 N–H and O–H groups in total. The molecule has 2 aliphatic heterocycles. The molecule has 0 spiro atoms. The molecular formula is C30H46N4O2. The Morgan fingerprint density at radius 2 is 1.89 bits per heavy atom. The number of aromatic nitrogens is 1. The molecule has 2 fully saturated rings. The van der Waals surface area contributed by atoms with Crippen LogP contribution in [-0.2, 0) is 11.3 Å². The highest BCUT2D eigenvalue weighted by atomic mass is 16.4. The fourth-order valence-corrected chi connectivity index (χ4v) is 5.94. The van der Waals surface area contributed by atoms with E-state index in [1.165, 1.54) is 37.9 Å². The van der Waals surface area contributed by atoms with Crippen LogP contribution in [0.4, 0.5) is 0 Å². The highest BCUT2D eigenvalue weighted by Crippen LogP contribution is 2.27. The van der Waals surface area contributed by atoms with Gasteiger partial charge < -0.3 is 14.6 Å². The minimum atomic E-state index is 0.132. The van der Waals surface area contributed by atoms with E-state index >= 15 is 0 Å². The smallest absolute Gasteiger partial charge is 0.226 e. The Labute approximate surface area is 217 Å². The maximum Gasteiger partial charge on any atom is 0.226 e. The number of rotatable bonds is 10. The number of likely N-dealkylation sites (tertiary alicyclic amines) is 2. The van der Waals surface area contributed by atoms with E-state index in [-0.39, 0.29) is 11.8 Å². The van der Waals surface area contributed by atoms with Crippen LogP contribution in [-0.4, -0.2) is 60.0 Å². The first-order valence-corrected chi connectivity index (χ1v) is 14.1. The number of hydrogen-bond donors (Lipinski definition) is 1. The Kier molecular flexibility index (Phi) is 9.60. The van der Waals surface area contributed by atoms with Crippen molar-refractivity contribution < 1.29 is 9.21 Å². The standard InChI is InChI=1S/C30H46N4O2/c1-22(2)19-25-10-7-15-33(20-25)16-8-14-31-29(35)26-12-17-34(18-13-26)21-28-24(4)36-30(32-28)27-11-6-5-9-23(27)3/h5-6,9,11,22,25-26H,7-8,10,12-21H2,1-4H3,(H,31,35). The second kappa shape index (κ2) is 12.9. The molecule has 0 saturated carbocycles. The van der Waals surface area contributed by atoms with E-state index in [1.807, 2.05) is 19.1 Å². The van der Waals surface area contributed by atoms with Crippen LogP contribution in [0.25, 0.3) is 11.5 Å². The van der Waals surface area contributed by atoms with E-state index in [0.29, 0.717) is 5.89 Å². The zero-order chi connectivity index (χ0) is 25.5. The minimum Gasteiger partial charge on any atom is -0.441 e. The van der Waals surface area contributed by atoms with Gasteiger partial charge in [0.2, 0.25) is 11.8 Å². The largest absolute Gasteiger partial charge is 0.441 e. The predicted octanol–water partition coefficient (Wildman–Crippen LogP) is 5.43. The third-order valence-electron chi connectivity index (χ3n) is 7.96. The highest BCUT2D eigenvalue weighted by molar-refractivity contribution is 5.78. The number of carbonyl (C=O) groups excluding carboxylic acids is 1. The number of carbonyl (C=O) groups is 1. The Morgan fingerprint density at radius 1 is 1.11 bits per heavy atom. The molecule has 3 heterocycles. The number of benzene rings is 1. The molecule has 1 atom stereocenters. The van der Waals surface area contributed by atoms with Crippen LogP contribution in [0.5, 0.6) is 0 Å². The van der Waals surface area contributed by atoms with Crippen LogP contribution in [0, 0.1) is 31.6 Å². The van der Waals surface area contributed by atoms with Crippen molar-refractivity contribution in [3.05, 3.63) is 41.3 Å². The molecule has 1 aromatic heterocycles. The lowest BCUT2D eigenvalue weighted by Crippen LogP contribution is -2.41. The van der Waals surface area contributed by atoms with E-state index in [1.54, 1.807) is 0 Å². The topological polar surface area (TPSA) is 61.6 Å². The third kappa shape index (κ3) is 7.42. The number of piperidine rings is 2. The summed E-state index contributed by atoms with van der Waals surface area (Å²) in [4.78, 5) is 22.6. The van der Waals surface area contributed by atoms with Crippen molar-refractivity contribution in [1.29, 1.82) is 0 Å². The van der Waals surface area contributed by atoms with E-state index in [0.717, 1.165) is 80.8 Å². The Morgan fingerprint density at radius 3 is 2.64 bits per heavy atom. The zero-order valence-electron chi connectivity index (χ0n) is 22.9. The number of nitrogens with one attached hydrogen (secondary N) is 1. The summed E-state index contributed by atoms with van der Waals surface area (Å²) < 4.78 is 6.00. The van der Waals surface area contributed by atoms with E-state index in [9.17, 15) is 4.79 Å². The number of oxazole rings is 1. The number of hydrogen-bond acceptors (Lipinski definition) is 5. The summed E-state index contributed by atoms with van der Waals surface area (Å²) in [6, 6.07) is 8.20. The molecule has 6 nitrogen and oxygen atoms in total. The average molecular weight is 495 g/mol. The van der Waals surface area contributed by atoms with Gasteiger partial charge in [-0.2, -0.15) is 0 Å². The highest BCUT2D eigenvalue weighted by Gasteiger charge is 2.26. The van der Waals surface area contributed by atoms with Gasteiger partial charge in [-0.05, 0) is 102 Å². The maximum absolute atomic E-state index is 12.8. The SMILES string of the molecule is Cc1ccccc1-c1nc(CN2CCC(C(=O)NCCCN3CCCC(CC(C)C)C3)CC2)c(C)o1. The van der Waals surface area contributed by atoms with Gasteiger partial charge in [0.1, 0.15) is 5.76 Å². The van der Waals surface area contributed by atoms with Gasteiger partial charge in [0.05, 0.1) is 5.69 Å². The van der Waals surface area contributed by atoms with Crippen molar-refractivity contribution >= 4 is 5.91 Å². The summed E-state index contributed by atoms with van der Waals surface area (Å²) in [6.07, 6.45) is 6.92. The average Bonchev–Trinajstić information content (AvgIpc) is 3.22. The van der Waals surface area contributed by atoms with Crippen molar-refractivity contribution in [2.24, 2.45) is 17.8 Å². The summed E-state index contributed by atoms with van der Waals surface area (Å²) in [6.45, 7) is 15.7. The molecule has 1 unspecified atom stereocenters. The molecule has 1 aromatic carbocycles. The van der Waals surface area contributed by atoms with Gasteiger partial charge in [-0.15, -0.1) is 0 Å². The first-order valence-electron chi connectivity index (χ1n) is 14.1. The van der Waals surface area contributed by atoms with E-state index in [4.69, 9.17) is 9.40 Å². The normalized spacial score (nSPS) is 20.2. The second-order valence-electron chi connectivity index (χ2n) is 11.5. The fraction of sp³-hybridized carbons (Fsp3) is 0.667. The maximum atomic E-state index is 12.8.